The minimum absolute atomic E-state index is 0.232. The second kappa shape index (κ2) is 11.8. The van der Waals surface area contributed by atoms with Crippen LogP contribution in [0.2, 0.25) is 0 Å². The van der Waals surface area contributed by atoms with Gasteiger partial charge in [0.25, 0.3) is 5.91 Å². The predicted molar refractivity (Wildman–Crippen MR) is 143 cm³/mol. The van der Waals surface area contributed by atoms with Crippen molar-refractivity contribution in [3.05, 3.63) is 65.5 Å². The molecule has 3 heterocycles. The quantitative estimate of drug-likeness (QED) is 0.315. The number of benzene rings is 1. The maximum Gasteiger partial charge on any atom is 0.410 e. The van der Waals surface area contributed by atoms with E-state index < -0.39 is 5.60 Å². The zero-order valence-electron chi connectivity index (χ0n) is 22.3. The molecule has 8 nitrogen and oxygen atoms in total. The van der Waals surface area contributed by atoms with Crippen LogP contribution in [0, 0.1) is 0 Å². The molecule has 1 aliphatic rings. The van der Waals surface area contributed by atoms with Gasteiger partial charge in [-0.25, -0.2) is 15.3 Å². The van der Waals surface area contributed by atoms with Crippen molar-refractivity contribution >= 4 is 23.0 Å². The molecule has 0 aliphatic carbocycles. The van der Waals surface area contributed by atoms with Gasteiger partial charge >= 0.3 is 6.09 Å². The van der Waals surface area contributed by atoms with Gasteiger partial charge in [0, 0.05) is 43.0 Å². The molecule has 1 aromatic carbocycles. The molecule has 1 aliphatic heterocycles. The SMILES string of the molecule is CCCCONC(=O)c1ccc(Cn2ccc3c(C4CCN(C(=O)OC(C)(C)C)CC4)ccnc32)cc1. The number of carbonyl (C=O) groups excluding carboxylic acids is 2. The second-order valence-corrected chi connectivity index (χ2v) is 10.7. The number of hydrogen-bond donors (Lipinski definition) is 1. The highest BCUT2D eigenvalue weighted by Gasteiger charge is 2.28. The van der Waals surface area contributed by atoms with E-state index in [1.54, 1.807) is 0 Å². The molecule has 198 valence electrons. The van der Waals surface area contributed by atoms with Crippen molar-refractivity contribution in [2.75, 3.05) is 19.7 Å². The average Bonchev–Trinajstić information content (AvgIpc) is 3.29. The van der Waals surface area contributed by atoms with Gasteiger partial charge in [-0.1, -0.05) is 25.5 Å². The number of aromatic nitrogens is 2. The molecule has 3 aromatic rings. The van der Waals surface area contributed by atoms with Crippen LogP contribution >= 0.6 is 0 Å². The van der Waals surface area contributed by atoms with Gasteiger partial charge in [0.15, 0.2) is 0 Å². The summed E-state index contributed by atoms with van der Waals surface area (Å²) in [4.78, 5) is 36.4. The summed E-state index contributed by atoms with van der Waals surface area (Å²) < 4.78 is 7.68. The Balaban J connectivity index is 1.39. The van der Waals surface area contributed by atoms with E-state index in [9.17, 15) is 9.59 Å². The molecule has 1 fully saturated rings. The predicted octanol–water partition coefficient (Wildman–Crippen LogP) is 5.66. The third kappa shape index (κ3) is 6.89. The van der Waals surface area contributed by atoms with Crippen LogP contribution in [0.4, 0.5) is 4.79 Å². The fraction of sp³-hybridized carbons (Fsp3) is 0.483. The molecule has 0 radical (unpaired) electrons. The molecule has 1 saturated heterocycles. The largest absolute Gasteiger partial charge is 0.444 e. The Morgan fingerprint density at radius 3 is 2.49 bits per heavy atom. The molecular weight excluding hydrogens is 468 g/mol. The van der Waals surface area contributed by atoms with E-state index in [1.165, 1.54) is 5.56 Å². The molecule has 2 aromatic heterocycles. The van der Waals surface area contributed by atoms with E-state index in [1.807, 2.05) is 56.1 Å². The van der Waals surface area contributed by atoms with Crippen LogP contribution in [0.25, 0.3) is 11.0 Å². The summed E-state index contributed by atoms with van der Waals surface area (Å²) in [5, 5.41) is 1.15. The Kier molecular flexibility index (Phi) is 8.48. The maximum absolute atomic E-state index is 12.4. The van der Waals surface area contributed by atoms with Crippen LogP contribution in [0.5, 0.6) is 0 Å². The summed E-state index contributed by atoms with van der Waals surface area (Å²) in [6.45, 7) is 10.3. The number of unbranched alkanes of at least 4 members (excludes halogenated alkanes) is 1. The first-order chi connectivity index (χ1) is 17.7. The minimum atomic E-state index is -0.483. The van der Waals surface area contributed by atoms with Gasteiger partial charge in [0.1, 0.15) is 11.2 Å². The normalized spacial score (nSPS) is 14.6. The smallest absolute Gasteiger partial charge is 0.410 e. The van der Waals surface area contributed by atoms with Gasteiger partial charge in [-0.05, 0) is 81.3 Å². The average molecular weight is 507 g/mol. The lowest BCUT2D eigenvalue weighted by atomic mass is 9.88. The van der Waals surface area contributed by atoms with Crippen LogP contribution in [0.1, 0.15) is 80.8 Å². The molecule has 0 saturated carbocycles. The first kappa shape index (κ1) is 26.7. The molecule has 0 atom stereocenters. The minimum Gasteiger partial charge on any atom is -0.444 e. The number of rotatable bonds is 8. The number of fused-ring (bicyclic) bond motifs is 1. The summed E-state index contributed by atoms with van der Waals surface area (Å²) in [6.07, 6.45) is 7.43. The molecular formula is C29H38N4O4. The van der Waals surface area contributed by atoms with Crippen molar-refractivity contribution in [3.63, 3.8) is 0 Å². The zero-order chi connectivity index (χ0) is 26.4. The van der Waals surface area contributed by atoms with E-state index in [0.717, 1.165) is 42.3 Å². The Bertz CT molecular complexity index is 1200. The molecule has 1 N–H and O–H groups in total. The molecule has 4 rings (SSSR count). The van der Waals surface area contributed by atoms with Crippen molar-refractivity contribution in [3.8, 4) is 0 Å². The van der Waals surface area contributed by atoms with Gasteiger partial charge in [-0.3, -0.25) is 9.63 Å². The van der Waals surface area contributed by atoms with E-state index in [-0.39, 0.29) is 12.0 Å². The number of carbonyl (C=O) groups is 2. The Morgan fingerprint density at radius 2 is 1.81 bits per heavy atom. The van der Waals surface area contributed by atoms with Crippen LogP contribution in [0.15, 0.2) is 48.8 Å². The lowest BCUT2D eigenvalue weighted by Gasteiger charge is -2.33. The summed E-state index contributed by atoms with van der Waals surface area (Å²) in [6, 6.07) is 11.8. The number of hydroxylamine groups is 1. The second-order valence-electron chi connectivity index (χ2n) is 10.7. The first-order valence-corrected chi connectivity index (χ1v) is 13.2. The fourth-order valence-electron chi connectivity index (χ4n) is 4.64. The van der Waals surface area contributed by atoms with Crippen LogP contribution < -0.4 is 5.48 Å². The van der Waals surface area contributed by atoms with Gasteiger partial charge in [-0.15, -0.1) is 0 Å². The Morgan fingerprint density at radius 1 is 1.08 bits per heavy atom. The Hall–Kier alpha value is -3.39. The van der Waals surface area contributed by atoms with Gasteiger partial charge in [0.05, 0.1) is 6.61 Å². The fourth-order valence-corrected chi connectivity index (χ4v) is 4.64. The van der Waals surface area contributed by atoms with Crippen molar-refractivity contribution in [1.82, 2.24) is 19.9 Å². The summed E-state index contributed by atoms with van der Waals surface area (Å²) in [5.74, 6) is 0.135. The number of likely N-dealkylation sites (tertiary alicyclic amines) is 1. The highest BCUT2D eigenvalue weighted by atomic mass is 16.6. The molecule has 0 unspecified atom stereocenters. The Labute approximate surface area is 218 Å². The van der Waals surface area contributed by atoms with E-state index in [2.05, 4.69) is 40.3 Å². The first-order valence-electron chi connectivity index (χ1n) is 13.2. The van der Waals surface area contributed by atoms with Gasteiger partial charge in [0.2, 0.25) is 0 Å². The molecule has 8 heteroatoms. The lowest BCUT2D eigenvalue weighted by Crippen LogP contribution is -2.41. The van der Waals surface area contributed by atoms with E-state index in [4.69, 9.17) is 9.57 Å². The molecule has 2 amide bonds. The van der Waals surface area contributed by atoms with Crippen molar-refractivity contribution in [1.29, 1.82) is 0 Å². The number of hydrogen-bond acceptors (Lipinski definition) is 5. The highest BCUT2D eigenvalue weighted by Crippen LogP contribution is 2.33. The van der Waals surface area contributed by atoms with Crippen molar-refractivity contribution in [2.45, 2.75) is 71.4 Å². The number of pyridine rings is 1. The van der Waals surface area contributed by atoms with Crippen LogP contribution in [-0.4, -0.2) is 51.7 Å². The number of piperidine rings is 1. The number of ether oxygens (including phenoxy) is 1. The number of nitrogens with zero attached hydrogens (tertiary/aromatic N) is 3. The number of amides is 2. The summed E-state index contributed by atoms with van der Waals surface area (Å²) >= 11 is 0. The van der Waals surface area contributed by atoms with Crippen molar-refractivity contribution < 1.29 is 19.2 Å². The van der Waals surface area contributed by atoms with Crippen LogP contribution in [0.3, 0.4) is 0 Å². The molecule has 0 bridgehead atoms. The van der Waals surface area contributed by atoms with Crippen molar-refractivity contribution in [2.24, 2.45) is 0 Å². The lowest BCUT2D eigenvalue weighted by molar-refractivity contribution is 0.0205. The monoisotopic (exact) mass is 506 g/mol. The standard InChI is InChI=1S/C29H38N4O4/c1-5-6-19-36-31-27(34)23-9-7-21(8-10-23)20-33-18-14-25-24(11-15-30-26(25)33)22-12-16-32(17-13-22)28(35)37-29(2,3)4/h7-11,14-15,18,22H,5-6,12-13,16-17,19-20H2,1-4H3,(H,31,34). The number of nitrogens with one attached hydrogen (secondary N) is 1. The third-order valence-electron chi connectivity index (χ3n) is 6.62. The molecule has 0 spiro atoms. The van der Waals surface area contributed by atoms with Gasteiger partial charge < -0.3 is 14.2 Å². The van der Waals surface area contributed by atoms with E-state index >= 15 is 0 Å². The zero-order valence-corrected chi connectivity index (χ0v) is 22.3. The maximum atomic E-state index is 12.4. The van der Waals surface area contributed by atoms with Gasteiger partial charge in [-0.2, -0.15) is 0 Å². The highest BCUT2D eigenvalue weighted by molar-refractivity contribution is 5.93. The summed E-state index contributed by atoms with van der Waals surface area (Å²) in [5.41, 5.74) is 5.88. The summed E-state index contributed by atoms with van der Waals surface area (Å²) in [7, 11) is 0. The van der Waals surface area contributed by atoms with E-state index in [0.29, 0.717) is 37.7 Å². The topological polar surface area (TPSA) is 85.7 Å². The van der Waals surface area contributed by atoms with Crippen LogP contribution in [-0.2, 0) is 16.1 Å². The third-order valence-corrected chi connectivity index (χ3v) is 6.62. The molecule has 37 heavy (non-hydrogen) atoms.